The normalized spacial score (nSPS) is 11.3. The van der Waals surface area contributed by atoms with E-state index in [1.165, 1.54) is 54.7 Å². The fourth-order valence-corrected chi connectivity index (χ4v) is 6.17. The molecule has 0 saturated carbocycles. The molecule has 1 aromatic heterocycles. The highest BCUT2D eigenvalue weighted by Gasteiger charge is 2.16. The fourth-order valence-electron chi connectivity index (χ4n) is 6.17. The molecule has 1 heterocycles. The van der Waals surface area contributed by atoms with Crippen LogP contribution in [-0.2, 0) is 0 Å². The third kappa shape index (κ3) is 4.15. The number of fused-ring (bicyclic) bond motifs is 6. The van der Waals surface area contributed by atoms with E-state index in [1.807, 2.05) is 0 Å². The van der Waals surface area contributed by atoms with Crippen LogP contribution in [0.4, 0.5) is 0 Å². The Bertz CT molecular complexity index is 2200. The summed E-state index contributed by atoms with van der Waals surface area (Å²) in [7, 11) is 0. The van der Waals surface area contributed by atoms with E-state index in [0.717, 1.165) is 22.3 Å². The van der Waals surface area contributed by atoms with E-state index >= 15 is 0 Å². The number of aromatic nitrogens is 1. The van der Waals surface area contributed by atoms with E-state index in [1.54, 1.807) is 0 Å². The third-order valence-electron chi connectivity index (χ3n) is 8.26. The van der Waals surface area contributed by atoms with Crippen molar-refractivity contribution < 1.29 is 0 Å². The zero-order valence-corrected chi connectivity index (χ0v) is 23.0. The molecule has 0 N–H and O–H groups in total. The van der Waals surface area contributed by atoms with Crippen LogP contribution in [0.15, 0.2) is 164 Å². The van der Waals surface area contributed by atoms with Gasteiger partial charge in [-0.1, -0.05) is 152 Å². The second-order valence-corrected chi connectivity index (χ2v) is 10.8. The minimum Gasteiger partial charge on any atom is -0.246 e. The first kappa shape index (κ1) is 24.3. The Morgan fingerprint density at radius 3 is 1.40 bits per heavy atom. The average molecular weight is 534 g/mol. The first-order valence-corrected chi connectivity index (χ1v) is 14.4. The Morgan fingerprint density at radius 2 is 0.762 bits per heavy atom. The second-order valence-electron chi connectivity index (χ2n) is 10.8. The molecule has 0 amide bonds. The summed E-state index contributed by atoms with van der Waals surface area (Å²) in [5.41, 5.74) is 10.3. The van der Waals surface area contributed by atoms with Gasteiger partial charge in [0.2, 0.25) is 0 Å². The summed E-state index contributed by atoms with van der Waals surface area (Å²) in [6.07, 6.45) is 0. The molecule has 8 aromatic rings. The molecule has 0 radical (unpaired) electrons. The van der Waals surface area contributed by atoms with Gasteiger partial charge in [-0.3, -0.25) is 0 Å². The number of hydrogen-bond acceptors (Lipinski definition) is 1. The molecule has 0 bridgehead atoms. The summed E-state index contributed by atoms with van der Waals surface area (Å²) < 4.78 is 0. The fraction of sp³-hybridized carbons (Fsp3) is 0. The molecule has 8 rings (SSSR count). The van der Waals surface area contributed by atoms with Gasteiger partial charge in [-0.05, 0) is 56.1 Å². The minimum absolute atomic E-state index is 1.01. The number of nitrogens with zero attached hydrogens (tertiary/aromatic N) is 1. The molecule has 1 heteroatoms. The van der Waals surface area contributed by atoms with Crippen molar-refractivity contribution in [3.05, 3.63) is 164 Å². The predicted molar refractivity (Wildman–Crippen MR) is 178 cm³/mol. The van der Waals surface area contributed by atoms with Crippen LogP contribution in [0.5, 0.6) is 0 Å². The Hall–Kier alpha value is -5.53. The molecule has 42 heavy (non-hydrogen) atoms. The van der Waals surface area contributed by atoms with Gasteiger partial charge in [0, 0.05) is 21.9 Å². The lowest BCUT2D eigenvalue weighted by Gasteiger charge is -2.16. The van der Waals surface area contributed by atoms with E-state index in [4.69, 9.17) is 4.98 Å². The van der Waals surface area contributed by atoms with Crippen LogP contribution in [-0.4, -0.2) is 4.98 Å². The monoisotopic (exact) mass is 533 g/mol. The zero-order chi connectivity index (χ0) is 27.9. The first-order chi connectivity index (χ1) is 20.8. The summed E-state index contributed by atoms with van der Waals surface area (Å²) in [5, 5.41) is 6.04. The number of hydrogen-bond donors (Lipinski definition) is 0. The third-order valence-corrected chi connectivity index (χ3v) is 8.26. The molecule has 0 atom stereocenters. The van der Waals surface area contributed by atoms with Crippen molar-refractivity contribution in [1.29, 1.82) is 0 Å². The largest absolute Gasteiger partial charge is 0.246 e. The van der Waals surface area contributed by atoms with E-state index < -0.39 is 0 Å². The molecule has 0 saturated heterocycles. The van der Waals surface area contributed by atoms with Gasteiger partial charge in [-0.2, -0.15) is 0 Å². The Labute approximate surface area is 245 Å². The van der Waals surface area contributed by atoms with Crippen molar-refractivity contribution in [3.8, 4) is 44.6 Å². The van der Waals surface area contributed by atoms with Gasteiger partial charge in [0.1, 0.15) is 0 Å². The van der Waals surface area contributed by atoms with Crippen LogP contribution >= 0.6 is 0 Å². The van der Waals surface area contributed by atoms with Crippen molar-refractivity contribution in [2.24, 2.45) is 0 Å². The van der Waals surface area contributed by atoms with Crippen LogP contribution in [0, 0.1) is 0 Å². The maximum absolute atomic E-state index is 5.45. The maximum atomic E-state index is 5.45. The molecule has 0 spiro atoms. The van der Waals surface area contributed by atoms with Crippen LogP contribution in [0.3, 0.4) is 0 Å². The summed E-state index contributed by atoms with van der Waals surface area (Å²) in [6.45, 7) is 0. The quantitative estimate of drug-likeness (QED) is 0.205. The average Bonchev–Trinajstić information content (AvgIpc) is 3.09. The van der Waals surface area contributed by atoms with Crippen LogP contribution in [0.2, 0.25) is 0 Å². The van der Waals surface area contributed by atoms with Gasteiger partial charge in [-0.25, -0.2) is 4.98 Å². The number of benzene rings is 7. The first-order valence-electron chi connectivity index (χ1n) is 14.4. The van der Waals surface area contributed by atoms with Gasteiger partial charge < -0.3 is 0 Å². The maximum Gasteiger partial charge on any atom is 0.0794 e. The molecule has 196 valence electrons. The van der Waals surface area contributed by atoms with Gasteiger partial charge in [0.15, 0.2) is 0 Å². The van der Waals surface area contributed by atoms with Crippen LogP contribution in [0.1, 0.15) is 0 Å². The SMILES string of the molecule is c1ccc(-c2ccc(-c3ccc4c(c3)c3ccccc3c3cc(-c5ccccc5)c(-c5ccccc5)nc43)cc2)cc1. The van der Waals surface area contributed by atoms with Gasteiger partial charge in [-0.15, -0.1) is 0 Å². The van der Waals surface area contributed by atoms with Crippen molar-refractivity contribution in [1.82, 2.24) is 4.98 Å². The lowest BCUT2D eigenvalue weighted by Crippen LogP contribution is -1.94. The highest BCUT2D eigenvalue weighted by atomic mass is 14.7. The van der Waals surface area contributed by atoms with Crippen molar-refractivity contribution >= 4 is 32.4 Å². The molecule has 0 unspecified atom stereocenters. The van der Waals surface area contributed by atoms with Crippen molar-refractivity contribution in [3.63, 3.8) is 0 Å². The number of rotatable bonds is 4. The summed E-state index contributed by atoms with van der Waals surface area (Å²) >= 11 is 0. The smallest absolute Gasteiger partial charge is 0.0794 e. The van der Waals surface area contributed by atoms with E-state index in [0.29, 0.717) is 0 Å². The molecule has 0 aliphatic rings. The molecular formula is C41H27N. The summed E-state index contributed by atoms with van der Waals surface area (Å²) in [5.74, 6) is 0. The zero-order valence-electron chi connectivity index (χ0n) is 23.0. The highest BCUT2D eigenvalue weighted by molar-refractivity contribution is 6.25. The Morgan fingerprint density at radius 1 is 0.286 bits per heavy atom. The van der Waals surface area contributed by atoms with Crippen molar-refractivity contribution in [2.75, 3.05) is 0 Å². The minimum atomic E-state index is 1.01. The van der Waals surface area contributed by atoms with Crippen LogP contribution in [0.25, 0.3) is 77.1 Å². The van der Waals surface area contributed by atoms with Gasteiger partial charge in [0.25, 0.3) is 0 Å². The highest BCUT2D eigenvalue weighted by Crippen LogP contribution is 2.41. The molecule has 0 aliphatic carbocycles. The van der Waals surface area contributed by atoms with Crippen LogP contribution < -0.4 is 0 Å². The van der Waals surface area contributed by atoms with Gasteiger partial charge in [0.05, 0.1) is 11.2 Å². The Balaban J connectivity index is 1.37. The van der Waals surface area contributed by atoms with Gasteiger partial charge >= 0.3 is 0 Å². The molecule has 0 aliphatic heterocycles. The topological polar surface area (TPSA) is 12.9 Å². The molecule has 1 nitrogen and oxygen atoms in total. The van der Waals surface area contributed by atoms with E-state index in [2.05, 4.69) is 164 Å². The molecular weight excluding hydrogens is 506 g/mol. The standard InChI is InChI=1S/C41H27N/c1-4-12-28(13-5-1)29-20-22-30(23-21-29)33-24-25-36-38(26-33)34-18-10-11-19-35(34)39-27-37(31-14-6-2-7-15-31)40(42-41(36)39)32-16-8-3-9-17-32/h1-27H. The van der Waals surface area contributed by atoms with E-state index in [-0.39, 0.29) is 0 Å². The number of pyridine rings is 1. The van der Waals surface area contributed by atoms with E-state index in [9.17, 15) is 0 Å². The second kappa shape index (κ2) is 10.1. The predicted octanol–water partition coefficient (Wildman–Crippen LogP) is 11.2. The van der Waals surface area contributed by atoms with Crippen molar-refractivity contribution in [2.45, 2.75) is 0 Å². The molecule has 0 fully saturated rings. The lowest BCUT2D eigenvalue weighted by molar-refractivity contribution is 1.41. The summed E-state index contributed by atoms with van der Waals surface area (Å²) in [6, 6.07) is 58.5. The summed E-state index contributed by atoms with van der Waals surface area (Å²) in [4.78, 5) is 5.45. The lowest BCUT2D eigenvalue weighted by atomic mass is 9.91. The Kier molecular flexibility index (Phi) is 5.86. The molecule has 7 aromatic carbocycles.